The molecule has 0 unspecified atom stereocenters. The van der Waals surface area contributed by atoms with Crippen LogP contribution >= 0.6 is 0 Å². The molecule has 5 heteroatoms. The van der Waals surface area contributed by atoms with E-state index in [1.807, 2.05) is 0 Å². The van der Waals surface area contributed by atoms with Crippen LogP contribution in [-0.2, 0) is 6.18 Å². The highest BCUT2D eigenvalue weighted by molar-refractivity contribution is 6.01. The molecule has 0 atom stereocenters. The van der Waals surface area contributed by atoms with E-state index in [-0.39, 0.29) is 23.0 Å². The first-order valence-corrected chi connectivity index (χ1v) is 5.23. The van der Waals surface area contributed by atoms with Gasteiger partial charge in [-0.15, -0.1) is 0 Å². The van der Waals surface area contributed by atoms with Gasteiger partial charge in [-0.05, 0) is 31.0 Å². The molecule has 0 N–H and O–H groups in total. The van der Waals surface area contributed by atoms with Crippen LogP contribution < -0.4 is 4.74 Å². The molecule has 0 saturated heterocycles. The van der Waals surface area contributed by atoms with Gasteiger partial charge >= 0.3 is 6.18 Å². The Morgan fingerprint density at radius 2 is 2.00 bits per heavy atom. The van der Waals surface area contributed by atoms with E-state index in [1.165, 1.54) is 13.2 Å². The van der Waals surface area contributed by atoms with E-state index in [4.69, 9.17) is 4.74 Å². The second-order valence-corrected chi connectivity index (χ2v) is 4.05. The van der Waals surface area contributed by atoms with Gasteiger partial charge < -0.3 is 4.74 Å². The standard InChI is InChI=1S/C12H11F3O2/c1-17-10-6-8(12(13,14)15)4-5-9(10)11(16)7-2-3-7/h4-7H,2-3H2,1H3. The molecule has 1 fully saturated rings. The number of Topliss-reactive ketones (excluding diaryl/α,β-unsaturated/α-hetero) is 1. The molecule has 1 aromatic carbocycles. The van der Waals surface area contributed by atoms with Crippen LogP contribution in [0.5, 0.6) is 5.75 Å². The van der Waals surface area contributed by atoms with E-state index in [0.29, 0.717) is 0 Å². The number of carbonyl (C=O) groups is 1. The minimum absolute atomic E-state index is 0.00303. The summed E-state index contributed by atoms with van der Waals surface area (Å²) >= 11 is 0. The Morgan fingerprint density at radius 3 is 2.47 bits per heavy atom. The molecule has 17 heavy (non-hydrogen) atoms. The third-order valence-electron chi connectivity index (χ3n) is 2.74. The molecule has 0 amide bonds. The van der Waals surface area contributed by atoms with Gasteiger partial charge in [0.1, 0.15) is 5.75 Å². The Morgan fingerprint density at radius 1 is 1.35 bits per heavy atom. The van der Waals surface area contributed by atoms with Gasteiger partial charge in [0.2, 0.25) is 0 Å². The number of benzene rings is 1. The maximum atomic E-state index is 12.5. The average molecular weight is 244 g/mol. The summed E-state index contributed by atoms with van der Waals surface area (Å²) in [5, 5.41) is 0. The normalized spacial score (nSPS) is 15.8. The zero-order valence-electron chi connectivity index (χ0n) is 9.17. The quantitative estimate of drug-likeness (QED) is 0.762. The Labute approximate surface area is 96.4 Å². The molecule has 1 saturated carbocycles. The SMILES string of the molecule is COc1cc(C(F)(F)F)ccc1C(=O)C1CC1. The summed E-state index contributed by atoms with van der Waals surface area (Å²) in [6, 6.07) is 2.98. The van der Waals surface area contributed by atoms with Crippen molar-refractivity contribution < 1.29 is 22.7 Å². The fourth-order valence-corrected chi connectivity index (χ4v) is 1.64. The molecule has 0 heterocycles. The van der Waals surface area contributed by atoms with E-state index in [2.05, 4.69) is 0 Å². The second-order valence-electron chi connectivity index (χ2n) is 4.05. The van der Waals surface area contributed by atoms with Crippen molar-refractivity contribution in [2.24, 2.45) is 5.92 Å². The summed E-state index contributed by atoms with van der Waals surface area (Å²) in [4.78, 5) is 11.8. The van der Waals surface area contributed by atoms with Gasteiger partial charge in [-0.25, -0.2) is 0 Å². The maximum Gasteiger partial charge on any atom is 0.416 e. The van der Waals surface area contributed by atoms with Crippen LogP contribution in [0.2, 0.25) is 0 Å². The first-order chi connectivity index (χ1) is 7.93. The third-order valence-corrected chi connectivity index (χ3v) is 2.74. The number of alkyl halides is 3. The zero-order valence-corrected chi connectivity index (χ0v) is 9.17. The molecule has 0 spiro atoms. The minimum Gasteiger partial charge on any atom is -0.496 e. The Bertz CT molecular complexity index is 448. The van der Waals surface area contributed by atoms with Crippen molar-refractivity contribution in [1.29, 1.82) is 0 Å². The van der Waals surface area contributed by atoms with E-state index < -0.39 is 11.7 Å². The van der Waals surface area contributed by atoms with Gasteiger partial charge in [0.05, 0.1) is 18.2 Å². The Hall–Kier alpha value is -1.52. The molecule has 1 aromatic rings. The lowest BCUT2D eigenvalue weighted by Crippen LogP contribution is -2.09. The molecule has 0 bridgehead atoms. The van der Waals surface area contributed by atoms with Crippen LogP contribution in [0, 0.1) is 5.92 Å². The van der Waals surface area contributed by atoms with E-state index in [1.54, 1.807) is 0 Å². The van der Waals surface area contributed by atoms with Crippen LogP contribution in [0.1, 0.15) is 28.8 Å². The highest BCUT2D eigenvalue weighted by atomic mass is 19.4. The minimum atomic E-state index is -4.42. The number of ketones is 1. The number of methoxy groups -OCH3 is 1. The molecule has 1 aliphatic carbocycles. The van der Waals surface area contributed by atoms with Gasteiger partial charge in [-0.3, -0.25) is 4.79 Å². The number of hydrogen-bond acceptors (Lipinski definition) is 2. The van der Waals surface area contributed by atoms with Crippen LogP contribution in [0.4, 0.5) is 13.2 Å². The third kappa shape index (κ3) is 2.43. The van der Waals surface area contributed by atoms with Gasteiger partial charge in [-0.2, -0.15) is 13.2 Å². The summed E-state index contributed by atoms with van der Waals surface area (Å²) < 4.78 is 42.3. The summed E-state index contributed by atoms with van der Waals surface area (Å²) in [6.45, 7) is 0. The van der Waals surface area contributed by atoms with Gasteiger partial charge in [0.25, 0.3) is 0 Å². The fourth-order valence-electron chi connectivity index (χ4n) is 1.64. The van der Waals surface area contributed by atoms with Gasteiger partial charge in [-0.1, -0.05) is 0 Å². The van der Waals surface area contributed by atoms with Crippen molar-refractivity contribution >= 4 is 5.78 Å². The van der Waals surface area contributed by atoms with Gasteiger partial charge in [0, 0.05) is 5.92 Å². The molecule has 0 aromatic heterocycles. The smallest absolute Gasteiger partial charge is 0.416 e. The predicted molar refractivity (Wildman–Crippen MR) is 55.1 cm³/mol. The first-order valence-electron chi connectivity index (χ1n) is 5.23. The van der Waals surface area contributed by atoms with Crippen LogP contribution in [0.15, 0.2) is 18.2 Å². The highest BCUT2D eigenvalue weighted by Crippen LogP contribution is 2.38. The lowest BCUT2D eigenvalue weighted by molar-refractivity contribution is -0.137. The monoisotopic (exact) mass is 244 g/mol. The van der Waals surface area contributed by atoms with Crippen molar-refractivity contribution in [1.82, 2.24) is 0 Å². The summed E-state index contributed by atoms with van der Waals surface area (Å²) in [6.07, 6.45) is -2.81. The predicted octanol–water partition coefficient (Wildman–Crippen LogP) is 3.31. The van der Waals surface area contributed by atoms with Crippen molar-refractivity contribution in [2.45, 2.75) is 19.0 Å². The number of carbonyl (C=O) groups excluding carboxylic acids is 1. The lowest BCUT2D eigenvalue weighted by Gasteiger charge is -2.11. The van der Waals surface area contributed by atoms with Crippen LogP contribution in [0.3, 0.4) is 0 Å². The average Bonchev–Trinajstić information content (AvgIpc) is 3.09. The highest BCUT2D eigenvalue weighted by Gasteiger charge is 2.35. The second kappa shape index (κ2) is 4.05. The number of halogens is 3. The lowest BCUT2D eigenvalue weighted by atomic mass is 10.0. The van der Waals surface area contributed by atoms with Crippen molar-refractivity contribution in [2.75, 3.05) is 7.11 Å². The van der Waals surface area contributed by atoms with E-state index in [9.17, 15) is 18.0 Å². The molecule has 2 rings (SSSR count). The number of rotatable bonds is 3. The fraction of sp³-hybridized carbons (Fsp3) is 0.417. The summed E-state index contributed by atoms with van der Waals surface area (Å²) in [5.74, 6) is -0.173. The Balaban J connectivity index is 2.38. The molecule has 0 radical (unpaired) electrons. The number of ether oxygens (including phenoxy) is 1. The summed E-state index contributed by atoms with van der Waals surface area (Å²) in [5.41, 5.74) is -0.565. The molecular formula is C12H11F3O2. The van der Waals surface area contributed by atoms with Crippen molar-refractivity contribution in [3.8, 4) is 5.75 Å². The molecule has 2 nitrogen and oxygen atoms in total. The number of hydrogen-bond donors (Lipinski definition) is 0. The zero-order chi connectivity index (χ0) is 12.6. The maximum absolute atomic E-state index is 12.5. The topological polar surface area (TPSA) is 26.3 Å². The molecule has 92 valence electrons. The summed E-state index contributed by atoms with van der Waals surface area (Å²) in [7, 11) is 1.26. The van der Waals surface area contributed by atoms with Crippen LogP contribution in [0.25, 0.3) is 0 Å². The first kappa shape index (κ1) is 12.0. The Kier molecular flexibility index (Phi) is 2.85. The molecule has 1 aliphatic rings. The largest absolute Gasteiger partial charge is 0.496 e. The molecule has 0 aliphatic heterocycles. The van der Waals surface area contributed by atoms with Crippen molar-refractivity contribution in [3.63, 3.8) is 0 Å². The van der Waals surface area contributed by atoms with E-state index >= 15 is 0 Å². The van der Waals surface area contributed by atoms with Gasteiger partial charge in [0.15, 0.2) is 5.78 Å². The van der Waals surface area contributed by atoms with E-state index in [0.717, 1.165) is 25.0 Å². The van der Waals surface area contributed by atoms with Crippen LogP contribution in [-0.4, -0.2) is 12.9 Å². The van der Waals surface area contributed by atoms with Crippen molar-refractivity contribution in [3.05, 3.63) is 29.3 Å². The molecular weight excluding hydrogens is 233 g/mol.